The Morgan fingerprint density at radius 2 is 2.25 bits per heavy atom. The van der Waals surface area contributed by atoms with Gasteiger partial charge in [-0.1, -0.05) is 22.4 Å². The summed E-state index contributed by atoms with van der Waals surface area (Å²) >= 11 is 0. The average Bonchev–Trinajstić information content (AvgIpc) is 1.66. The van der Waals surface area contributed by atoms with E-state index in [-0.39, 0.29) is 0 Å². The van der Waals surface area contributed by atoms with E-state index in [9.17, 15) is 0 Å². The van der Waals surface area contributed by atoms with Crippen LogP contribution in [0, 0.1) is 0 Å². The Morgan fingerprint density at radius 3 is 2.62 bits per heavy atom. The van der Waals surface area contributed by atoms with Crippen molar-refractivity contribution >= 4 is 15.3 Å². The Hall–Kier alpha value is -0.160. The highest BCUT2D eigenvalue weighted by atomic mass is 31.1. The van der Waals surface area contributed by atoms with Gasteiger partial charge in [0, 0.05) is 6.20 Å². The van der Waals surface area contributed by atoms with Crippen molar-refractivity contribution in [2.45, 2.75) is 19.5 Å². The fourth-order valence-electron chi connectivity index (χ4n) is 0.288. The smallest absolute Gasteiger partial charge is 0.0262 e. The topological polar surface area (TPSA) is 12.4 Å². The van der Waals surface area contributed by atoms with Gasteiger partial charge in [-0.25, -0.2) is 0 Å². The van der Waals surface area contributed by atoms with Crippen LogP contribution in [0.1, 0.15) is 13.8 Å². The summed E-state index contributed by atoms with van der Waals surface area (Å²) in [7, 11) is 0.881. The molecule has 0 heterocycles. The molecule has 0 radical (unpaired) electrons. The molecule has 1 atom stereocenters. The number of hydrogen-bond acceptors (Lipinski definition) is 1. The summed E-state index contributed by atoms with van der Waals surface area (Å²) in [6, 6.07) is 0. The van der Waals surface area contributed by atoms with Gasteiger partial charge in [0.1, 0.15) is 0 Å². The van der Waals surface area contributed by atoms with Crippen LogP contribution in [0.15, 0.2) is 17.0 Å². The van der Waals surface area contributed by atoms with Crippen molar-refractivity contribution in [2.75, 3.05) is 0 Å². The summed E-state index contributed by atoms with van der Waals surface area (Å²) in [5, 5.41) is 0. The summed E-state index contributed by atoms with van der Waals surface area (Å²) in [5.41, 5.74) is 0.757. The lowest BCUT2D eigenvalue weighted by Crippen LogP contribution is -1.76. The van der Waals surface area contributed by atoms with Gasteiger partial charge in [-0.3, -0.25) is 4.99 Å². The zero-order chi connectivity index (χ0) is 6.41. The molecule has 1 nitrogen and oxygen atoms in total. The Balaban J connectivity index is 3.15. The number of aliphatic imine (C=N–C) groups is 1. The van der Waals surface area contributed by atoms with E-state index < -0.39 is 0 Å². The lowest BCUT2D eigenvalue weighted by molar-refractivity contribution is 1.11. The summed E-state index contributed by atoms with van der Waals surface area (Å²) in [6.07, 6.45) is 1.75. The molecule has 0 saturated carbocycles. The van der Waals surface area contributed by atoms with Gasteiger partial charge in [0.15, 0.2) is 0 Å². The highest BCUT2D eigenvalue weighted by Gasteiger charge is 1.83. The highest BCUT2D eigenvalue weighted by Crippen LogP contribution is 2.18. The zero-order valence-corrected chi connectivity index (χ0v) is 6.39. The van der Waals surface area contributed by atoms with Gasteiger partial charge in [0.25, 0.3) is 0 Å². The van der Waals surface area contributed by atoms with Crippen LogP contribution in [-0.4, -0.2) is 12.4 Å². The van der Waals surface area contributed by atoms with Crippen LogP contribution in [0.5, 0.6) is 0 Å². The maximum Gasteiger partial charge on any atom is 0.0262 e. The van der Waals surface area contributed by atoms with E-state index in [2.05, 4.69) is 31.4 Å². The summed E-state index contributed by atoms with van der Waals surface area (Å²) < 4.78 is 0. The second-order valence-electron chi connectivity index (χ2n) is 1.82. The van der Waals surface area contributed by atoms with Crippen molar-refractivity contribution in [3.63, 3.8) is 0 Å². The first-order chi connectivity index (χ1) is 3.77. The van der Waals surface area contributed by atoms with E-state index in [0.717, 1.165) is 14.2 Å². The third kappa shape index (κ3) is 5.84. The maximum absolute atomic E-state index is 3.58. The third-order valence-electron chi connectivity index (χ3n) is 0.610. The lowest BCUT2D eigenvalue weighted by atomic mass is 10.6. The van der Waals surface area contributed by atoms with Crippen LogP contribution in [0.4, 0.5) is 0 Å². The van der Waals surface area contributed by atoms with Crippen molar-refractivity contribution in [2.24, 2.45) is 4.99 Å². The first kappa shape index (κ1) is 7.84. The fourth-order valence-corrected chi connectivity index (χ4v) is 0.865. The third-order valence-corrected chi connectivity index (χ3v) is 1.62. The summed E-state index contributed by atoms with van der Waals surface area (Å²) in [5.74, 6) is 2.05. The molecule has 0 saturated heterocycles. The molecule has 2 heteroatoms. The molecule has 0 rings (SSSR count). The predicted octanol–water partition coefficient (Wildman–Crippen LogP) is 2.25. The molecule has 1 unspecified atom stereocenters. The van der Waals surface area contributed by atoms with Crippen LogP contribution >= 0.6 is 8.58 Å². The second-order valence-corrected chi connectivity index (χ2v) is 3.64. The largest absolute Gasteiger partial charge is 0.272 e. The molecule has 8 heavy (non-hydrogen) atoms. The minimum atomic E-state index is 0.757. The van der Waals surface area contributed by atoms with Gasteiger partial charge in [-0.15, -0.1) is 0 Å². The Labute approximate surface area is 52.7 Å². The molecule has 46 valence electrons. The highest BCUT2D eigenvalue weighted by molar-refractivity contribution is 7.42. The van der Waals surface area contributed by atoms with Gasteiger partial charge >= 0.3 is 0 Å². The van der Waals surface area contributed by atoms with Crippen LogP contribution in [0.2, 0.25) is 0 Å². The van der Waals surface area contributed by atoms with Gasteiger partial charge in [-0.05, 0) is 18.2 Å². The van der Waals surface area contributed by atoms with Crippen molar-refractivity contribution in [1.29, 1.82) is 0 Å². The molecular weight excluding hydrogens is 117 g/mol. The van der Waals surface area contributed by atoms with E-state index in [1.165, 1.54) is 0 Å². The predicted molar refractivity (Wildman–Crippen MR) is 42.1 cm³/mol. The fraction of sp³-hybridized carbons (Fsp3) is 0.500. The molecule has 0 amide bonds. The Bertz CT molecular complexity index is 86.5. The molecular formula is C6H12NP. The molecule has 0 aromatic heterocycles. The van der Waals surface area contributed by atoms with E-state index in [0.29, 0.717) is 0 Å². The van der Waals surface area contributed by atoms with Crippen molar-refractivity contribution in [3.05, 3.63) is 12.0 Å². The first-order valence-corrected chi connectivity index (χ1v) is 3.79. The van der Waals surface area contributed by atoms with Gasteiger partial charge in [0.2, 0.25) is 0 Å². The molecule has 0 aromatic carbocycles. The van der Waals surface area contributed by atoms with Crippen molar-refractivity contribution in [3.8, 4) is 0 Å². The molecule has 0 aliphatic rings. The van der Waals surface area contributed by atoms with Crippen LogP contribution < -0.4 is 0 Å². The molecule has 0 aromatic rings. The molecule has 0 aliphatic heterocycles. The number of rotatable bonds is 3. The number of hydrogen-bond donors (Lipinski definition) is 0. The van der Waals surface area contributed by atoms with Crippen molar-refractivity contribution < 1.29 is 0 Å². The van der Waals surface area contributed by atoms with Gasteiger partial charge in [0.05, 0.1) is 0 Å². The zero-order valence-electron chi connectivity index (χ0n) is 5.39. The van der Waals surface area contributed by atoms with E-state index >= 15 is 0 Å². The normalized spacial score (nSPS) is 12.4. The summed E-state index contributed by atoms with van der Waals surface area (Å²) in [4.78, 5) is 3.58. The van der Waals surface area contributed by atoms with E-state index in [1.54, 1.807) is 6.20 Å². The minimum Gasteiger partial charge on any atom is -0.272 e. The van der Waals surface area contributed by atoms with E-state index in [1.807, 2.05) is 0 Å². The first-order valence-electron chi connectivity index (χ1n) is 2.64. The average molecular weight is 129 g/mol. The summed E-state index contributed by atoms with van der Waals surface area (Å²) in [6.45, 7) is 7.70. The SMILES string of the molecule is C=NC=CPC(C)C. The molecule has 0 bridgehead atoms. The minimum absolute atomic E-state index is 0.757. The molecule has 0 spiro atoms. The quantitative estimate of drug-likeness (QED) is 0.409. The van der Waals surface area contributed by atoms with Crippen molar-refractivity contribution in [1.82, 2.24) is 0 Å². The standard InChI is InChI=1S/C6H12NP/c1-6(2)8-5-4-7-3/h4-6,8H,3H2,1-2H3. The molecule has 0 aliphatic carbocycles. The van der Waals surface area contributed by atoms with Gasteiger partial charge < -0.3 is 0 Å². The Kier molecular flexibility index (Phi) is 4.89. The maximum atomic E-state index is 3.58. The monoisotopic (exact) mass is 129 g/mol. The Morgan fingerprint density at radius 1 is 1.62 bits per heavy atom. The number of nitrogens with zero attached hydrogens (tertiary/aromatic N) is 1. The van der Waals surface area contributed by atoms with Crippen LogP contribution in [-0.2, 0) is 0 Å². The molecule has 0 fully saturated rings. The molecule has 0 N–H and O–H groups in total. The van der Waals surface area contributed by atoms with E-state index in [4.69, 9.17) is 0 Å². The van der Waals surface area contributed by atoms with Crippen LogP contribution in [0.3, 0.4) is 0 Å². The van der Waals surface area contributed by atoms with Gasteiger partial charge in [-0.2, -0.15) is 0 Å². The lowest BCUT2D eigenvalue weighted by Gasteiger charge is -1.94. The second kappa shape index (κ2) is 4.99. The van der Waals surface area contributed by atoms with Crippen LogP contribution in [0.25, 0.3) is 0 Å².